The maximum absolute atomic E-state index is 15.2. The molecule has 0 unspecified atom stereocenters. The van der Waals surface area contributed by atoms with Crippen LogP contribution in [0.5, 0.6) is 0 Å². The van der Waals surface area contributed by atoms with Crippen molar-refractivity contribution in [2.75, 3.05) is 0 Å². The van der Waals surface area contributed by atoms with Crippen LogP contribution in [-0.2, 0) is 35.2 Å². The Morgan fingerprint density at radius 3 is 1.17 bits per heavy atom. The van der Waals surface area contributed by atoms with Gasteiger partial charge in [0.15, 0.2) is 11.4 Å². The first-order valence-electron chi connectivity index (χ1n) is 22.8. The molecule has 0 amide bonds. The molecule has 0 aliphatic heterocycles. The number of fused-ring (bicyclic) bond motifs is 6. The number of thiophene rings is 1. The van der Waals surface area contributed by atoms with Gasteiger partial charge in [-0.1, -0.05) is 77.0 Å². The zero-order valence-corrected chi connectivity index (χ0v) is 45.3. The minimum absolute atomic E-state index is 0.0190. The van der Waals surface area contributed by atoms with Crippen molar-refractivity contribution in [1.82, 2.24) is 0 Å². The van der Waals surface area contributed by atoms with E-state index in [1.807, 2.05) is 0 Å². The van der Waals surface area contributed by atoms with E-state index in [0.29, 0.717) is 34.6 Å². The molecular weight excluding hydrogens is 1480 g/mol. The topological polar surface area (TPSA) is 111 Å². The van der Waals surface area contributed by atoms with Crippen molar-refractivity contribution in [2.24, 2.45) is 10.3 Å². The van der Waals surface area contributed by atoms with Crippen LogP contribution in [0.2, 0.25) is 0 Å². The molecule has 0 radical (unpaired) electrons. The highest BCUT2D eigenvalue weighted by Gasteiger charge is 2.90. The average molecular weight is 1500 g/mol. The van der Waals surface area contributed by atoms with Crippen LogP contribution in [0.3, 0.4) is 0 Å². The van der Waals surface area contributed by atoms with E-state index < -0.39 is 154 Å². The Kier molecular flexibility index (Phi) is 19.5. The lowest BCUT2D eigenvalue weighted by atomic mass is 9.90. The van der Waals surface area contributed by atoms with E-state index in [2.05, 4.69) is 8.57 Å². The van der Waals surface area contributed by atoms with Gasteiger partial charge < -0.3 is 0 Å². The minimum atomic E-state index is -8.41. The van der Waals surface area contributed by atoms with E-state index >= 15 is 8.78 Å². The molecule has 0 spiro atoms. The van der Waals surface area contributed by atoms with E-state index in [4.69, 9.17) is 0 Å². The van der Waals surface area contributed by atoms with Crippen molar-refractivity contribution in [1.29, 1.82) is 0 Å². The fourth-order valence-electron chi connectivity index (χ4n) is 7.43. The molecule has 4 aromatic carbocycles. The van der Waals surface area contributed by atoms with Gasteiger partial charge in [0.25, 0.3) is 0 Å². The van der Waals surface area contributed by atoms with Crippen LogP contribution in [0, 0.1) is 0 Å². The Morgan fingerprint density at radius 1 is 0.372 bits per heavy atom. The second kappa shape index (κ2) is 23.5. The Morgan fingerprint density at radius 2 is 0.734 bits per heavy atom. The molecule has 5 aromatic rings. The van der Waals surface area contributed by atoms with Gasteiger partial charge >= 0.3 is 127 Å². The summed E-state index contributed by atoms with van der Waals surface area (Å²) in [5.74, 6) is -93.2. The first-order valence-corrected chi connectivity index (χ1v) is 26.5. The Bertz CT molecular complexity index is 3970. The van der Waals surface area contributed by atoms with E-state index in [1.165, 1.54) is 53.7 Å². The third kappa shape index (κ3) is 11.7. The summed E-state index contributed by atoms with van der Waals surface area (Å²) in [5.41, 5.74) is -9.90. The highest BCUT2D eigenvalue weighted by Crippen LogP contribution is 2.61. The van der Waals surface area contributed by atoms with Gasteiger partial charge in [-0.15, -0.1) is 11.3 Å². The molecule has 8 nitrogen and oxygen atoms in total. The highest BCUT2D eigenvalue weighted by atomic mass is 32.2. The standard InChI is InChI=1S/C23H8F21NO3S2.C22H10F17NO3S/c24-14(25)16(28,29)18(32,33)19(34,35)17(30,31)15(26,27)13(8-5-6-10-9-3-1-2-4-11(9)49-12(10)7-8)45-48-50(46,47)23(43,44)21(38,39)20(36,37)22(40,41)42;23-15(24)17(27,28)18(29,30)16(25,26)14(10-5-6-13-11(8-10)7-9-3-1-2-4-12(9)13)40-43-44(41,42)22(38,39)20(33,34)19(31,32)21(35,36)37/h1-7,14H;1-6,8,15H,7H2/b45-13-;40-14-. The maximum Gasteiger partial charge on any atom is 0.460 e. The Hall–Kier alpha value is -6.72. The van der Waals surface area contributed by atoms with Gasteiger partial charge in [-0.05, 0) is 46.9 Å². The summed E-state index contributed by atoms with van der Waals surface area (Å²) in [6.07, 6.45) is -27.1. The van der Waals surface area contributed by atoms with Crippen molar-refractivity contribution in [3.05, 3.63) is 107 Å². The van der Waals surface area contributed by atoms with Gasteiger partial charge in [0, 0.05) is 31.3 Å². The average Bonchev–Trinajstić information content (AvgIpc) is 0.877. The third-order valence-corrected chi connectivity index (χ3v) is 16.0. The number of benzene rings is 4. The van der Waals surface area contributed by atoms with Gasteiger partial charge in [0.1, 0.15) is 0 Å². The maximum atomic E-state index is 15.2. The van der Waals surface area contributed by atoms with Crippen LogP contribution in [0.15, 0.2) is 95.2 Å². The normalized spacial score (nSPS) is 15.8. The smallest absolute Gasteiger partial charge is 0.263 e. The zero-order chi connectivity index (χ0) is 73.2. The number of halogens is 38. The molecule has 6 rings (SSSR count). The van der Waals surface area contributed by atoms with Gasteiger partial charge in [0.2, 0.25) is 0 Å². The molecule has 49 heteroatoms. The number of rotatable bonds is 22. The van der Waals surface area contributed by atoms with Crippen LogP contribution < -0.4 is 0 Å². The number of nitrogens with zero attached hydrogens (tertiary/aromatic N) is 2. The molecule has 1 aliphatic rings. The van der Waals surface area contributed by atoms with Crippen LogP contribution in [0.4, 0.5) is 167 Å². The van der Waals surface area contributed by atoms with Crippen molar-refractivity contribution in [3.8, 4) is 11.1 Å². The minimum Gasteiger partial charge on any atom is -0.263 e. The van der Waals surface area contributed by atoms with E-state index in [0.717, 1.165) is 6.07 Å². The van der Waals surface area contributed by atoms with Crippen molar-refractivity contribution < 1.29 is 192 Å². The predicted octanol–water partition coefficient (Wildman–Crippen LogP) is 17.9. The lowest BCUT2D eigenvalue weighted by Crippen LogP contribution is -2.70. The van der Waals surface area contributed by atoms with E-state index in [-0.39, 0.29) is 51.2 Å². The molecule has 0 saturated heterocycles. The lowest BCUT2D eigenvalue weighted by molar-refractivity contribution is -0.404. The van der Waals surface area contributed by atoms with Crippen molar-refractivity contribution >= 4 is 63.2 Å². The predicted molar refractivity (Wildman–Crippen MR) is 240 cm³/mol. The molecule has 0 fully saturated rings. The summed E-state index contributed by atoms with van der Waals surface area (Å²) >= 11 is 0.458. The fraction of sp³-hybridized carbons (Fsp3) is 0.422. The zero-order valence-electron chi connectivity index (χ0n) is 42.9. The third-order valence-electron chi connectivity index (χ3n) is 12.6. The quantitative estimate of drug-likeness (QED) is 0.0380. The van der Waals surface area contributed by atoms with Crippen LogP contribution in [-0.4, -0.2) is 135 Å². The Balaban J connectivity index is 0.000000343. The van der Waals surface area contributed by atoms with Gasteiger partial charge in [0.05, 0.1) is 0 Å². The van der Waals surface area contributed by atoms with Crippen LogP contribution in [0.25, 0.3) is 31.3 Å². The second-order valence-corrected chi connectivity index (χ2v) is 22.8. The molecule has 528 valence electrons. The number of hydrogen-bond acceptors (Lipinski definition) is 9. The van der Waals surface area contributed by atoms with Crippen LogP contribution >= 0.6 is 11.3 Å². The highest BCUT2D eigenvalue weighted by molar-refractivity contribution is 7.88. The molecule has 94 heavy (non-hydrogen) atoms. The second-order valence-electron chi connectivity index (χ2n) is 18.6. The van der Waals surface area contributed by atoms with Crippen molar-refractivity contribution in [2.45, 2.75) is 113 Å². The molecule has 0 N–H and O–H groups in total. The largest absolute Gasteiger partial charge is 0.460 e. The summed E-state index contributed by atoms with van der Waals surface area (Å²) in [6.45, 7) is 0. The SMILES string of the molecule is O=S(=O)(O/N=C(/c1ccc2c(c1)Cc1ccccc1-2)C(F)(F)C(F)(F)C(F)(F)C(F)F)C(F)(F)C(F)(F)C(F)(F)C(F)(F)F.O=S(=O)(O/N=C(/c1ccc2c(c1)sc1ccccc12)C(F)(F)C(F)(F)C(F)(F)C(F)(F)C(F)(F)C(F)F)C(F)(F)C(F)(F)C(F)(F)C(F)(F)F. The van der Waals surface area contributed by atoms with Gasteiger partial charge in [-0.3, -0.25) is 8.57 Å². The Labute approximate surface area is 496 Å². The van der Waals surface area contributed by atoms with Gasteiger partial charge in [-0.2, -0.15) is 166 Å². The summed E-state index contributed by atoms with van der Waals surface area (Å²) in [4.78, 5) is 0. The molecule has 0 saturated carbocycles. The molecule has 1 aliphatic carbocycles. The van der Waals surface area contributed by atoms with Crippen molar-refractivity contribution in [3.63, 3.8) is 0 Å². The van der Waals surface area contributed by atoms with Crippen LogP contribution in [0.1, 0.15) is 22.3 Å². The number of alkyl halides is 38. The monoisotopic (exact) mass is 1500 g/mol. The molecule has 1 aromatic heterocycles. The first kappa shape index (κ1) is 78.0. The molecule has 0 atom stereocenters. The summed E-state index contributed by atoms with van der Waals surface area (Å²) in [7, 11) is -16.6. The molecule has 1 heterocycles. The molecular formula is C45H18F38N2O6S3. The fourth-order valence-corrected chi connectivity index (χ4v) is 10.00. The summed E-state index contributed by atoms with van der Waals surface area (Å²) in [5, 5.41) is -12.7. The lowest BCUT2D eigenvalue weighted by Gasteiger charge is -2.39. The number of oxime groups is 2. The summed E-state index contributed by atoms with van der Waals surface area (Å²) < 4.78 is 567. The van der Waals surface area contributed by atoms with E-state index in [1.54, 1.807) is 5.16 Å². The van der Waals surface area contributed by atoms with Gasteiger partial charge in [-0.25, -0.2) is 17.6 Å². The van der Waals surface area contributed by atoms with E-state index in [9.17, 15) is 175 Å². The first-order chi connectivity index (χ1) is 41.7. The number of hydrogen-bond donors (Lipinski definition) is 0. The molecule has 0 bridgehead atoms. The summed E-state index contributed by atoms with van der Waals surface area (Å²) in [6, 6.07) is 12.9.